The van der Waals surface area contributed by atoms with Gasteiger partial charge in [0.1, 0.15) is 11.2 Å². The lowest BCUT2D eigenvalue weighted by Crippen LogP contribution is -1.92. The van der Waals surface area contributed by atoms with Crippen LogP contribution in [0.3, 0.4) is 0 Å². The van der Waals surface area contributed by atoms with E-state index in [1.165, 1.54) is 0 Å². The third kappa shape index (κ3) is 2.84. The molecule has 106 valence electrons. The van der Waals surface area contributed by atoms with Gasteiger partial charge in [-0.3, -0.25) is 0 Å². The summed E-state index contributed by atoms with van der Waals surface area (Å²) in [5.74, 6) is -0.110. The summed E-state index contributed by atoms with van der Waals surface area (Å²) in [7, 11) is 0. The van der Waals surface area contributed by atoms with Crippen molar-refractivity contribution in [2.24, 2.45) is 0 Å². The van der Waals surface area contributed by atoms with Crippen molar-refractivity contribution in [3.8, 4) is 11.5 Å². The van der Waals surface area contributed by atoms with Crippen molar-refractivity contribution in [1.29, 1.82) is 0 Å². The molecule has 1 atom stereocenters. The van der Waals surface area contributed by atoms with Gasteiger partial charge in [0.25, 0.3) is 5.89 Å². The van der Waals surface area contributed by atoms with Crippen LogP contribution in [-0.4, -0.2) is 10.2 Å². The summed E-state index contributed by atoms with van der Waals surface area (Å²) in [6.07, 6.45) is 0. The van der Waals surface area contributed by atoms with Crippen LogP contribution in [0.4, 0.5) is 4.39 Å². The lowest BCUT2D eigenvalue weighted by atomic mass is 10.1. The molecule has 0 saturated carbocycles. The summed E-state index contributed by atoms with van der Waals surface area (Å²) in [5, 5.41) is 7.22. The molecule has 2 aromatic carbocycles. The van der Waals surface area contributed by atoms with Crippen LogP contribution in [0.1, 0.15) is 16.8 Å². The quantitative estimate of drug-likeness (QED) is 0.614. The summed E-state index contributed by atoms with van der Waals surface area (Å²) < 4.78 is 19.9. The summed E-state index contributed by atoms with van der Waals surface area (Å²) in [4.78, 5) is 0. The van der Waals surface area contributed by atoms with Gasteiger partial charge in [-0.15, -0.1) is 21.8 Å². The largest absolute Gasteiger partial charge is 0.419 e. The summed E-state index contributed by atoms with van der Waals surface area (Å²) in [6, 6.07) is 14.2. The molecule has 3 rings (SSSR count). The third-order valence-corrected chi connectivity index (χ3v) is 3.98. The Morgan fingerprint density at radius 1 is 1.05 bits per heavy atom. The first-order chi connectivity index (χ1) is 10.2. The predicted octanol–water partition coefficient (Wildman–Crippen LogP) is 4.97. The molecule has 0 N–H and O–H groups in total. The van der Waals surface area contributed by atoms with Crippen LogP contribution in [0.2, 0.25) is 0 Å². The van der Waals surface area contributed by atoms with Crippen molar-refractivity contribution in [2.75, 3.05) is 0 Å². The zero-order valence-electron chi connectivity index (χ0n) is 10.6. The van der Waals surface area contributed by atoms with Crippen LogP contribution in [0, 0.1) is 5.82 Å². The molecule has 0 aliphatic heterocycles. The van der Waals surface area contributed by atoms with E-state index in [1.54, 1.807) is 18.2 Å². The lowest BCUT2D eigenvalue weighted by molar-refractivity contribution is 0.508. The lowest BCUT2D eigenvalue weighted by Gasteiger charge is -2.04. The fourth-order valence-corrected chi connectivity index (χ4v) is 2.48. The van der Waals surface area contributed by atoms with Crippen LogP contribution in [0.5, 0.6) is 0 Å². The Balaban J connectivity index is 1.95. The normalized spacial score (nSPS) is 12.3. The Hall–Kier alpha value is -1.72. The summed E-state index contributed by atoms with van der Waals surface area (Å²) in [6.45, 7) is 0. The number of hydrogen-bond acceptors (Lipinski definition) is 3. The monoisotopic (exact) mass is 366 g/mol. The second-order valence-corrected chi connectivity index (χ2v) is 5.61. The van der Waals surface area contributed by atoms with E-state index in [1.807, 2.05) is 30.3 Å². The number of aromatic nitrogens is 2. The highest BCUT2D eigenvalue weighted by Crippen LogP contribution is 2.31. The van der Waals surface area contributed by atoms with E-state index in [4.69, 9.17) is 16.0 Å². The Bertz CT molecular complexity index is 763. The number of alkyl halides is 1. The molecule has 0 saturated heterocycles. The maximum Gasteiger partial charge on any atom is 0.250 e. The third-order valence-electron chi connectivity index (χ3n) is 2.93. The van der Waals surface area contributed by atoms with Crippen molar-refractivity contribution < 1.29 is 8.81 Å². The number of benzene rings is 2. The second-order valence-electron chi connectivity index (χ2n) is 4.32. The maximum absolute atomic E-state index is 14.0. The molecule has 1 unspecified atom stereocenters. The number of nitrogens with zero attached hydrogens (tertiary/aromatic N) is 2. The Morgan fingerprint density at radius 3 is 2.57 bits per heavy atom. The van der Waals surface area contributed by atoms with Gasteiger partial charge in [-0.05, 0) is 33.6 Å². The molecular weight excluding hydrogens is 359 g/mol. The van der Waals surface area contributed by atoms with E-state index in [0.717, 1.165) is 5.56 Å². The smallest absolute Gasteiger partial charge is 0.250 e. The molecule has 0 bridgehead atoms. The number of rotatable bonds is 3. The Morgan fingerprint density at radius 2 is 1.81 bits per heavy atom. The van der Waals surface area contributed by atoms with Crippen molar-refractivity contribution >= 4 is 27.5 Å². The first-order valence-corrected chi connectivity index (χ1v) is 7.36. The molecule has 3 aromatic rings. The molecule has 3 nitrogen and oxygen atoms in total. The zero-order chi connectivity index (χ0) is 14.8. The summed E-state index contributed by atoms with van der Waals surface area (Å²) >= 11 is 9.43. The van der Waals surface area contributed by atoms with Crippen molar-refractivity contribution in [3.63, 3.8) is 0 Å². The molecule has 0 aliphatic rings. The average Bonchev–Trinajstić information content (AvgIpc) is 3.00. The van der Waals surface area contributed by atoms with Crippen LogP contribution in [-0.2, 0) is 0 Å². The van der Waals surface area contributed by atoms with Crippen molar-refractivity contribution in [2.45, 2.75) is 5.38 Å². The molecule has 1 heterocycles. The van der Waals surface area contributed by atoms with E-state index in [9.17, 15) is 4.39 Å². The zero-order valence-corrected chi connectivity index (χ0v) is 13.0. The Kier molecular flexibility index (Phi) is 4.03. The number of halogens is 3. The highest BCUT2D eigenvalue weighted by Gasteiger charge is 2.20. The van der Waals surface area contributed by atoms with Gasteiger partial charge in [0, 0.05) is 0 Å². The minimum atomic E-state index is -0.567. The molecule has 1 aromatic heterocycles. The van der Waals surface area contributed by atoms with Gasteiger partial charge in [0.05, 0.1) is 10.0 Å². The second kappa shape index (κ2) is 5.95. The van der Waals surface area contributed by atoms with Gasteiger partial charge in [0.2, 0.25) is 5.89 Å². The van der Waals surface area contributed by atoms with Gasteiger partial charge in [-0.1, -0.05) is 36.4 Å². The average molecular weight is 368 g/mol. The first kappa shape index (κ1) is 14.2. The van der Waals surface area contributed by atoms with Crippen LogP contribution in [0.25, 0.3) is 11.5 Å². The van der Waals surface area contributed by atoms with Gasteiger partial charge in [-0.25, -0.2) is 4.39 Å². The van der Waals surface area contributed by atoms with Gasteiger partial charge in [-0.2, -0.15) is 0 Å². The number of hydrogen-bond donors (Lipinski definition) is 0. The van der Waals surface area contributed by atoms with Crippen LogP contribution in [0.15, 0.2) is 57.4 Å². The van der Waals surface area contributed by atoms with Gasteiger partial charge < -0.3 is 4.42 Å². The van der Waals surface area contributed by atoms with E-state index >= 15 is 0 Å². The van der Waals surface area contributed by atoms with Gasteiger partial charge in [0.15, 0.2) is 0 Å². The van der Waals surface area contributed by atoms with Crippen molar-refractivity contribution in [3.05, 3.63) is 70.3 Å². The topological polar surface area (TPSA) is 38.9 Å². The predicted molar refractivity (Wildman–Crippen MR) is 81.5 cm³/mol. The highest BCUT2D eigenvalue weighted by molar-refractivity contribution is 9.10. The molecule has 21 heavy (non-hydrogen) atoms. The van der Waals surface area contributed by atoms with Crippen LogP contribution >= 0.6 is 27.5 Å². The Labute approximate surface area is 133 Å². The molecule has 0 radical (unpaired) electrons. The van der Waals surface area contributed by atoms with E-state index in [0.29, 0.717) is 4.47 Å². The fraction of sp³-hybridized carbons (Fsp3) is 0.0667. The van der Waals surface area contributed by atoms with Gasteiger partial charge >= 0.3 is 0 Å². The molecular formula is C15H9BrClFN2O. The molecule has 0 aliphatic carbocycles. The maximum atomic E-state index is 14.0. The first-order valence-electron chi connectivity index (χ1n) is 6.13. The van der Waals surface area contributed by atoms with Crippen LogP contribution < -0.4 is 0 Å². The van der Waals surface area contributed by atoms with E-state index in [2.05, 4.69) is 26.1 Å². The van der Waals surface area contributed by atoms with Crippen molar-refractivity contribution in [1.82, 2.24) is 10.2 Å². The molecule has 0 spiro atoms. The minimum Gasteiger partial charge on any atom is -0.419 e. The fourth-order valence-electron chi connectivity index (χ4n) is 1.88. The molecule has 0 fully saturated rings. The highest BCUT2D eigenvalue weighted by atomic mass is 79.9. The standard InChI is InChI=1S/C15H9BrClFN2O/c16-11-8-4-7-10(13(11)18)14-19-20-15(21-14)12(17)9-5-2-1-3-6-9/h1-8,12H. The molecule has 0 amide bonds. The van der Waals surface area contributed by atoms with E-state index < -0.39 is 11.2 Å². The van der Waals surface area contributed by atoms with E-state index in [-0.39, 0.29) is 17.3 Å². The SMILES string of the molecule is Fc1c(Br)cccc1-c1nnc(C(Cl)c2ccccc2)o1. The minimum absolute atomic E-state index is 0.102. The summed E-state index contributed by atoms with van der Waals surface area (Å²) in [5.41, 5.74) is 1.07. The molecule has 6 heteroatoms.